The van der Waals surface area contributed by atoms with Crippen LogP contribution in [0.15, 0.2) is 12.1 Å². The third-order valence-corrected chi connectivity index (χ3v) is 3.23. The molecule has 1 aliphatic heterocycles. The van der Waals surface area contributed by atoms with Crippen LogP contribution in [0.4, 0.5) is 5.82 Å². The number of carboxylic acids is 1. The van der Waals surface area contributed by atoms with E-state index in [1.807, 2.05) is 25.7 Å². The number of carbonyl (C=O) groups is 1. The first-order chi connectivity index (χ1) is 8.78. The average Bonchev–Trinajstić information content (AvgIpc) is 2.26. The second-order valence-corrected chi connectivity index (χ2v) is 5.78. The molecule has 0 aliphatic carbocycles. The van der Waals surface area contributed by atoms with E-state index in [2.05, 4.69) is 4.98 Å². The lowest BCUT2D eigenvalue weighted by molar-refractivity contribution is -0.0751. The third-order valence-electron chi connectivity index (χ3n) is 2.93. The maximum absolute atomic E-state index is 11.1. The Kier molecular flexibility index (Phi) is 3.69. The maximum atomic E-state index is 11.1. The number of halogens is 1. The standard InChI is InChI=1S/C13H17ClN2O3/c1-8-6-16(7-13(2,3)19-8)10-5-4-9(14)11(15-10)12(17)18/h4-5,8H,6-7H2,1-3H3,(H,17,18). The SMILES string of the molecule is CC1CN(c2ccc(Cl)c(C(=O)O)n2)CC(C)(C)O1. The van der Waals surface area contributed by atoms with Gasteiger partial charge in [-0.3, -0.25) is 0 Å². The second kappa shape index (κ2) is 4.98. The Hall–Kier alpha value is -1.33. The summed E-state index contributed by atoms with van der Waals surface area (Å²) >= 11 is 5.83. The minimum Gasteiger partial charge on any atom is -0.476 e. The largest absolute Gasteiger partial charge is 0.476 e. The molecule has 0 amide bonds. The van der Waals surface area contributed by atoms with E-state index in [-0.39, 0.29) is 22.4 Å². The summed E-state index contributed by atoms with van der Waals surface area (Å²) in [6, 6.07) is 3.31. The van der Waals surface area contributed by atoms with E-state index < -0.39 is 5.97 Å². The molecule has 2 rings (SSSR count). The summed E-state index contributed by atoms with van der Waals surface area (Å²) in [5.74, 6) is -0.502. The Morgan fingerprint density at radius 1 is 1.58 bits per heavy atom. The van der Waals surface area contributed by atoms with E-state index in [9.17, 15) is 4.79 Å². The first-order valence-electron chi connectivity index (χ1n) is 6.11. The van der Waals surface area contributed by atoms with Crippen molar-refractivity contribution in [1.82, 2.24) is 4.98 Å². The fraction of sp³-hybridized carbons (Fsp3) is 0.538. The molecule has 19 heavy (non-hydrogen) atoms. The van der Waals surface area contributed by atoms with Crippen molar-refractivity contribution in [2.75, 3.05) is 18.0 Å². The Labute approximate surface area is 117 Å². The molecule has 0 bridgehead atoms. The van der Waals surface area contributed by atoms with Gasteiger partial charge in [0.25, 0.3) is 0 Å². The van der Waals surface area contributed by atoms with Gasteiger partial charge in [0.15, 0.2) is 5.69 Å². The topological polar surface area (TPSA) is 62.7 Å². The molecule has 1 aromatic heterocycles. The van der Waals surface area contributed by atoms with Crippen molar-refractivity contribution in [3.05, 3.63) is 22.8 Å². The highest BCUT2D eigenvalue weighted by atomic mass is 35.5. The van der Waals surface area contributed by atoms with Gasteiger partial charge >= 0.3 is 5.97 Å². The fourth-order valence-corrected chi connectivity index (χ4v) is 2.57. The molecule has 1 saturated heterocycles. The highest BCUT2D eigenvalue weighted by Crippen LogP contribution is 2.26. The van der Waals surface area contributed by atoms with E-state index in [1.165, 1.54) is 0 Å². The Morgan fingerprint density at radius 3 is 2.84 bits per heavy atom. The quantitative estimate of drug-likeness (QED) is 0.904. The molecule has 1 aliphatic rings. The molecule has 1 unspecified atom stereocenters. The van der Waals surface area contributed by atoms with E-state index >= 15 is 0 Å². The van der Waals surface area contributed by atoms with Gasteiger partial charge in [0.05, 0.1) is 16.7 Å². The van der Waals surface area contributed by atoms with Gasteiger partial charge in [-0.2, -0.15) is 0 Å². The monoisotopic (exact) mass is 284 g/mol. The Balaban J connectivity index is 2.31. The molecular weight excluding hydrogens is 268 g/mol. The van der Waals surface area contributed by atoms with E-state index in [1.54, 1.807) is 12.1 Å². The Morgan fingerprint density at radius 2 is 2.26 bits per heavy atom. The van der Waals surface area contributed by atoms with Crippen molar-refractivity contribution in [3.8, 4) is 0 Å². The van der Waals surface area contributed by atoms with Crippen molar-refractivity contribution < 1.29 is 14.6 Å². The average molecular weight is 285 g/mol. The molecular formula is C13H17ClN2O3. The summed E-state index contributed by atoms with van der Waals surface area (Å²) in [5.41, 5.74) is -0.404. The van der Waals surface area contributed by atoms with Crippen molar-refractivity contribution in [2.45, 2.75) is 32.5 Å². The zero-order chi connectivity index (χ0) is 14.2. The highest BCUT2D eigenvalue weighted by molar-refractivity contribution is 6.33. The molecule has 0 spiro atoms. The van der Waals surface area contributed by atoms with Gasteiger partial charge in [-0.05, 0) is 32.9 Å². The number of morpholine rings is 1. The normalized spacial score (nSPS) is 22.3. The minimum atomic E-state index is -1.12. The lowest BCUT2D eigenvalue weighted by atomic mass is 10.1. The van der Waals surface area contributed by atoms with Crippen LogP contribution >= 0.6 is 11.6 Å². The lowest BCUT2D eigenvalue weighted by Gasteiger charge is -2.42. The number of nitrogens with zero attached hydrogens (tertiary/aromatic N) is 2. The molecule has 1 fully saturated rings. The van der Waals surface area contributed by atoms with Gasteiger partial charge in [0.1, 0.15) is 5.82 Å². The number of aromatic nitrogens is 1. The lowest BCUT2D eigenvalue weighted by Crippen LogP contribution is -2.52. The molecule has 1 N–H and O–H groups in total. The number of ether oxygens (including phenoxy) is 1. The van der Waals surface area contributed by atoms with E-state index in [0.717, 1.165) is 0 Å². The van der Waals surface area contributed by atoms with Gasteiger partial charge in [-0.15, -0.1) is 0 Å². The summed E-state index contributed by atoms with van der Waals surface area (Å²) < 4.78 is 5.81. The zero-order valence-corrected chi connectivity index (χ0v) is 11.9. The van der Waals surface area contributed by atoms with Crippen molar-refractivity contribution in [1.29, 1.82) is 0 Å². The van der Waals surface area contributed by atoms with Crippen molar-refractivity contribution in [3.63, 3.8) is 0 Å². The molecule has 5 nitrogen and oxygen atoms in total. The molecule has 6 heteroatoms. The van der Waals surface area contributed by atoms with Gasteiger partial charge in [-0.1, -0.05) is 11.6 Å². The van der Waals surface area contributed by atoms with Gasteiger partial charge in [0, 0.05) is 13.1 Å². The fourth-order valence-electron chi connectivity index (χ4n) is 2.39. The van der Waals surface area contributed by atoms with Crippen molar-refractivity contribution in [2.24, 2.45) is 0 Å². The third kappa shape index (κ3) is 3.16. The first kappa shape index (κ1) is 14.1. The zero-order valence-electron chi connectivity index (χ0n) is 11.2. The number of pyridine rings is 1. The van der Waals surface area contributed by atoms with Crippen LogP contribution < -0.4 is 4.90 Å². The maximum Gasteiger partial charge on any atom is 0.356 e. The predicted octanol–water partition coefficient (Wildman–Crippen LogP) is 2.44. The van der Waals surface area contributed by atoms with E-state index in [0.29, 0.717) is 18.9 Å². The molecule has 104 valence electrons. The van der Waals surface area contributed by atoms with Gasteiger partial charge in [0.2, 0.25) is 0 Å². The number of hydrogen-bond donors (Lipinski definition) is 1. The summed E-state index contributed by atoms with van der Waals surface area (Å²) in [5, 5.41) is 9.20. The van der Waals surface area contributed by atoms with Crippen LogP contribution in [0, 0.1) is 0 Å². The van der Waals surface area contributed by atoms with Crippen LogP contribution in [-0.4, -0.2) is 40.9 Å². The molecule has 1 aromatic rings. The molecule has 1 atom stereocenters. The minimum absolute atomic E-state index is 0.0644. The van der Waals surface area contributed by atoms with Gasteiger partial charge < -0.3 is 14.7 Å². The summed E-state index contributed by atoms with van der Waals surface area (Å²) in [6.07, 6.45) is 0.0644. The van der Waals surface area contributed by atoms with Crippen LogP contribution in [0.3, 0.4) is 0 Å². The first-order valence-corrected chi connectivity index (χ1v) is 6.49. The predicted molar refractivity (Wildman–Crippen MR) is 73.0 cm³/mol. The van der Waals surface area contributed by atoms with Crippen LogP contribution in [-0.2, 0) is 4.74 Å². The highest BCUT2D eigenvalue weighted by Gasteiger charge is 2.32. The van der Waals surface area contributed by atoms with Crippen LogP contribution in [0.5, 0.6) is 0 Å². The number of hydrogen-bond acceptors (Lipinski definition) is 4. The Bertz CT molecular complexity index is 505. The second-order valence-electron chi connectivity index (χ2n) is 5.37. The van der Waals surface area contributed by atoms with Crippen molar-refractivity contribution >= 4 is 23.4 Å². The molecule has 0 radical (unpaired) electrons. The van der Waals surface area contributed by atoms with Gasteiger partial charge in [-0.25, -0.2) is 9.78 Å². The number of anilines is 1. The van der Waals surface area contributed by atoms with Crippen LogP contribution in [0.2, 0.25) is 5.02 Å². The smallest absolute Gasteiger partial charge is 0.356 e. The molecule has 0 saturated carbocycles. The van der Waals surface area contributed by atoms with Crippen LogP contribution in [0.1, 0.15) is 31.3 Å². The molecule has 0 aromatic carbocycles. The summed E-state index contributed by atoms with van der Waals surface area (Å²) in [6.45, 7) is 7.33. The number of rotatable bonds is 2. The number of aromatic carboxylic acids is 1. The summed E-state index contributed by atoms with van der Waals surface area (Å²) in [7, 11) is 0. The van der Waals surface area contributed by atoms with E-state index in [4.69, 9.17) is 21.4 Å². The molecule has 2 heterocycles. The summed E-state index contributed by atoms with van der Waals surface area (Å²) in [4.78, 5) is 17.2. The van der Waals surface area contributed by atoms with Crippen LogP contribution in [0.25, 0.3) is 0 Å². The number of carboxylic acid groups (broad SMARTS) is 1.